The van der Waals surface area contributed by atoms with Crippen molar-refractivity contribution >= 4 is 27.7 Å². The van der Waals surface area contributed by atoms with Gasteiger partial charge in [-0.3, -0.25) is 9.69 Å². The van der Waals surface area contributed by atoms with Crippen molar-refractivity contribution < 1.29 is 9.21 Å². The Bertz CT molecular complexity index is 878. The minimum absolute atomic E-state index is 0.133. The summed E-state index contributed by atoms with van der Waals surface area (Å²) in [6.45, 7) is 2.63. The van der Waals surface area contributed by atoms with Crippen LogP contribution >= 0.6 is 15.9 Å². The number of likely N-dealkylation sites (N-methyl/N-ethyl adjacent to an activating group) is 1. The number of oxazole rings is 1. The van der Waals surface area contributed by atoms with Crippen LogP contribution in [0.5, 0.6) is 0 Å². The van der Waals surface area contributed by atoms with Crippen molar-refractivity contribution in [1.29, 1.82) is 0 Å². The summed E-state index contributed by atoms with van der Waals surface area (Å²) < 4.78 is 6.62. The SMILES string of the molecule is Cc1oc(-c2ccccc2)nc1CN(C)CC(=O)Nc1ccc(Br)cn1. The first kappa shape index (κ1) is 18.3. The standard InChI is InChI=1S/C19H19BrN4O2/c1-13-16(22-19(26-13)14-6-4-3-5-7-14)11-24(2)12-18(25)23-17-9-8-15(20)10-21-17/h3-10H,11-12H2,1-2H3,(H,21,23,25). The predicted octanol–water partition coefficient (Wildman–Crippen LogP) is 3.88. The summed E-state index contributed by atoms with van der Waals surface area (Å²) in [7, 11) is 1.87. The third kappa shape index (κ3) is 4.77. The van der Waals surface area contributed by atoms with E-state index in [9.17, 15) is 4.79 Å². The lowest BCUT2D eigenvalue weighted by Crippen LogP contribution is -2.30. The van der Waals surface area contributed by atoms with Gasteiger partial charge in [0.1, 0.15) is 11.6 Å². The van der Waals surface area contributed by atoms with Gasteiger partial charge in [0, 0.05) is 22.8 Å². The number of anilines is 1. The van der Waals surface area contributed by atoms with Crippen LogP contribution in [0.25, 0.3) is 11.5 Å². The minimum atomic E-state index is -0.133. The van der Waals surface area contributed by atoms with Crippen LogP contribution in [0.2, 0.25) is 0 Å². The van der Waals surface area contributed by atoms with Crippen LogP contribution in [0.1, 0.15) is 11.5 Å². The highest BCUT2D eigenvalue weighted by atomic mass is 79.9. The highest BCUT2D eigenvalue weighted by Gasteiger charge is 2.15. The van der Waals surface area contributed by atoms with Gasteiger partial charge in [-0.2, -0.15) is 0 Å². The number of amides is 1. The zero-order chi connectivity index (χ0) is 18.5. The molecule has 7 heteroatoms. The summed E-state index contributed by atoms with van der Waals surface area (Å²) >= 11 is 3.32. The van der Waals surface area contributed by atoms with Crippen molar-refractivity contribution in [2.75, 3.05) is 18.9 Å². The number of rotatable bonds is 6. The first-order valence-electron chi connectivity index (χ1n) is 8.13. The number of hydrogen-bond acceptors (Lipinski definition) is 5. The van der Waals surface area contributed by atoms with Gasteiger partial charge in [0.25, 0.3) is 0 Å². The van der Waals surface area contributed by atoms with E-state index in [4.69, 9.17) is 4.42 Å². The lowest BCUT2D eigenvalue weighted by Gasteiger charge is -2.14. The molecule has 0 spiro atoms. The van der Waals surface area contributed by atoms with Gasteiger partial charge >= 0.3 is 0 Å². The van der Waals surface area contributed by atoms with Gasteiger partial charge in [-0.05, 0) is 54.2 Å². The van der Waals surface area contributed by atoms with Crippen molar-refractivity contribution in [3.8, 4) is 11.5 Å². The molecule has 0 aliphatic rings. The predicted molar refractivity (Wildman–Crippen MR) is 104 cm³/mol. The van der Waals surface area contributed by atoms with Crippen molar-refractivity contribution in [3.05, 3.63) is 64.6 Å². The Kier molecular flexibility index (Phi) is 5.80. The van der Waals surface area contributed by atoms with Gasteiger partial charge in [-0.15, -0.1) is 0 Å². The summed E-state index contributed by atoms with van der Waals surface area (Å²) in [6.07, 6.45) is 1.64. The van der Waals surface area contributed by atoms with Gasteiger partial charge in [0.2, 0.25) is 11.8 Å². The van der Waals surface area contributed by atoms with Crippen LogP contribution in [0.4, 0.5) is 5.82 Å². The van der Waals surface area contributed by atoms with Gasteiger partial charge < -0.3 is 9.73 Å². The maximum Gasteiger partial charge on any atom is 0.239 e. The first-order chi connectivity index (χ1) is 12.5. The van der Waals surface area contributed by atoms with Crippen molar-refractivity contribution in [2.24, 2.45) is 0 Å². The second-order valence-corrected chi connectivity index (χ2v) is 6.89. The van der Waals surface area contributed by atoms with Crippen LogP contribution in [-0.2, 0) is 11.3 Å². The van der Waals surface area contributed by atoms with Crippen molar-refractivity contribution in [2.45, 2.75) is 13.5 Å². The molecule has 26 heavy (non-hydrogen) atoms. The largest absolute Gasteiger partial charge is 0.441 e. The lowest BCUT2D eigenvalue weighted by molar-refractivity contribution is -0.117. The maximum atomic E-state index is 12.2. The third-order valence-electron chi connectivity index (χ3n) is 3.74. The number of halogens is 1. The molecule has 2 heterocycles. The monoisotopic (exact) mass is 414 g/mol. The molecule has 0 aliphatic heterocycles. The fourth-order valence-corrected chi connectivity index (χ4v) is 2.70. The number of aromatic nitrogens is 2. The molecule has 1 amide bonds. The van der Waals surface area contributed by atoms with E-state index in [1.165, 1.54) is 0 Å². The van der Waals surface area contributed by atoms with E-state index >= 15 is 0 Å². The normalized spacial score (nSPS) is 10.9. The number of aryl methyl sites for hydroxylation is 1. The van der Waals surface area contributed by atoms with E-state index in [0.717, 1.165) is 21.5 Å². The maximum absolute atomic E-state index is 12.2. The van der Waals surface area contributed by atoms with Gasteiger partial charge in [-0.1, -0.05) is 18.2 Å². The Morgan fingerprint density at radius 2 is 2.00 bits per heavy atom. The molecule has 0 saturated carbocycles. The fourth-order valence-electron chi connectivity index (χ4n) is 2.47. The molecule has 134 valence electrons. The summed E-state index contributed by atoms with van der Waals surface area (Å²) in [5.74, 6) is 1.74. The number of carbonyl (C=O) groups excluding carboxylic acids is 1. The number of nitrogens with one attached hydrogen (secondary N) is 1. The van der Waals surface area contributed by atoms with E-state index < -0.39 is 0 Å². The van der Waals surface area contributed by atoms with Gasteiger partial charge in [0.05, 0.1) is 12.2 Å². The topological polar surface area (TPSA) is 71.3 Å². The average Bonchev–Trinajstić information content (AvgIpc) is 2.98. The summed E-state index contributed by atoms with van der Waals surface area (Å²) in [4.78, 5) is 22.7. The molecule has 0 aliphatic carbocycles. The Labute approximate surface area is 160 Å². The Balaban J connectivity index is 1.59. The molecule has 0 radical (unpaired) electrons. The quantitative estimate of drug-likeness (QED) is 0.662. The van der Waals surface area contributed by atoms with Gasteiger partial charge in [-0.25, -0.2) is 9.97 Å². The molecule has 6 nitrogen and oxygen atoms in total. The molecule has 0 bridgehead atoms. The lowest BCUT2D eigenvalue weighted by atomic mass is 10.2. The zero-order valence-electron chi connectivity index (χ0n) is 14.6. The molecule has 3 rings (SSSR count). The van der Waals surface area contributed by atoms with Crippen LogP contribution in [0, 0.1) is 6.92 Å². The summed E-state index contributed by atoms with van der Waals surface area (Å²) in [6, 6.07) is 13.3. The number of hydrogen-bond donors (Lipinski definition) is 1. The number of carbonyl (C=O) groups is 1. The van der Waals surface area contributed by atoms with E-state index in [0.29, 0.717) is 18.3 Å². The molecule has 0 saturated heterocycles. The summed E-state index contributed by atoms with van der Waals surface area (Å²) in [5.41, 5.74) is 1.75. The molecule has 0 fully saturated rings. The first-order valence-corrected chi connectivity index (χ1v) is 8.92. The van der Waals surface area contributed by atoms with Crippen LogP contribution in [0.15, 0.2) is 57.6 Å². The minimum Gasteiger partial charge on any atom is -0.441 e. The highest BCUT2D eigenvalue weighted by Crippen LogP contribution is 2.22. The molecule has 0 unspecified atom stereocenters. The van der Waals surface area contributed by atoms with Crippen LogP contribution < -0.4 is 5.32 Å². The van der Waals surface area contributed by atoms with E-state index in [1.807, 2.05) is 55.3 Å². The van der Waals surface area contributed by atoms with Crippen molar-refractivity contribution in [3.63, 3.8) is 0 Å². The molecule has 1 aromatic carbocycles. The molecule has 3 aromatic rings. The fraction of sp³-hybridized carbons (Fsp3) is 0.211. The van der Waals surface area contributed by atoms with E-state index in [1.54, 1.807) is 12.3 Å². The zero-order valence-corrected chi connectivity index (χ0v) is 16.2. The molecule has 1 N–H and O–H groups in total. The third-order valence-corrected chi connectivity index (χ3v) is 4.21. The van der Waals surface area contributed by atoms with Crippen molar-refractivity contribution in [1.82, 2.24) is 14.9 Å². The average molecular weight is 415 g/mol. The second kappa shape index (κ2) is 8.25. The van der Waals surface area contributed by atoms with Crippen LogP contribution in [0.3, 0.4) is 0 Å². The van der Waals surface area contributed by atoms with E-state index in [-0.39, 0.29) is 12.5 Å². The van der Waals surface area contributed by atoms with E-state index in [2.05, 4.69) is 31.2 Å². The molecule has 2 aromatic heterocycles. The number of benzene rings is 1. The molecular weight excluding hydrogens is 396 g/mol. The van der Waals surface area contributed by atoms with Gasteiger partial charge in [0.15, 0.2) is 0 Å². The molecule has 0 atom stereocenters. The Hall–Kier alpha value is -2.51. The number of nitrogens with zero attached hydrogens (tertiary/aromatic N) is 3. The highest BCUT2D eigenvalue weighted by molar-refractivity contribution is 9.10. The Morgan fingerprint density at radius 1 is 1.23 bits per heavy atom. The number of pyridine rings is 1. The van der Waals surface area contributed by atoms with Crippen LogP contribution in [-0.4, -0.2) is 34.4 Å². The smallest absolute Gasteiger partial charge is 0.239 e. The molecular formula is C19H19BrN4O2. The summed E-state index contributed by atoms with van der Waals surface area (Å²) in [5, 5.41) is 2.78. The second-order valence-electron chi connectivity index (χ2n) is 5.97. The Morgan fingerprint density at radius 3 is 2.69 bits per heavy atom.